The molecule has 2 amide bonds. The molecule has 0 N–H and O–H groups in total. The van der Waals surface area contributed by atoms with Gasteiger partial charge in [0.25, 0.3) is 0 Å². The molecule has 9 heteroatoms. The van der Waals surface area contributed by atoms with Crippen molar-refractivity contribution in [2.24, 2.45) is 0 Å². The third-order valence-electron chi connectivity index (χ3n) is 5.83. The summed E-state index contributed by atoms with van der Waals surface area (Å²) in [5, 5.41) is 1.94. The summed E-state index contributed by atoms with van der Waals surface area (Å²) in [6, 6.07) is 11.6. The van der Waals surface area contributed by atoms with Gasteiger partial charge in [0, 0.05) is 44.1 Å². The van der Waals surface area contributed by atoms with E-state index in [-0.39, 0.29) is 24.0 Å². The summed E-state index contributed by atoms with van der Waals surface area (Å²) in [7, 11) is -3.40. The van der Waals surface area contributed by atoms with Crippen LogP contribution in [0.3, 0.4) is 0 Å². The number of amides is 2. The Morgan fingerprint density at radius 2 is 1.78 bits per heavy atom. The molecule has 1 fully saturated rings. The van der Waals surface area contributed by atoms with Gasteiger partial charge in [0.15, 0.2) is 9.84 Å². The smallest absolute Gasteiger partial charge is 0.246 e. The number of sulfone groups is 1. The number of hydrogen-bond donors (Lipinski definition) is 0. The van der Waals surface area contributed by atoms with Gasteiger partial charge >= 0.3 is 0 Å². The van der Waals surface area contributed by atoms with Gasteiger partial charge < -0.3 is 9.80 Å². The molecular weight excluding hydrogens is 446 g/mol. The molecule has 1 aromatic carbocycles. The second kappa shape index (κ2) is 11.1. The molecule has 1 aromatic heterocycles. The molecule has 3 rings (SSSR count). The molecule has 1 atom stereocenters. The van der Waals surface area contributed by atoms with Crippen LogP contribution in [0.2, 0.25) is 0 Å². The number of rotatable bonds is 9. The average molecular weight is 478 g/mol. The van der Waals surface area contributed by atoms with Crippen LogP contribution in [0.4, 0.5) is 0 Å². The predicted molar refractivity (Wildman–Crippen MR) is 126 cm³/mol. The van der Waals surface area contributed by atoms with Crippen molar-refractivity contribution < 1.29 is 18.0 Å². The van der Waals surface area contributed by atoms with Crippen molar-refractivity contribution in [1.29, 1.82) is 0 Å². The molecule has 0 radical (unpaired) electrons. The monoisotopic (exact) mass is 477 g/mol. The van der Waals surface area contributed by atoms with E-state index in [9.17, 15) is 18.0 Å². The summed E-state index contributed by atoms with van der Waals surface area (Å²) in [4.78, 5) is 33.0. The normalized spacial score (nSPS) is 17.3. The van der Waals surface area contributed by atoms with Crippen LogP contribution < -0.4 is 0 Å². The van der Waals surface area contributed by atoms with Gasteiger partial charge in [-0.25, -0.2) is 8.42 Å². The zero-order chi connectivity index (χ0) is 23.1. The topological polar surface area (TPSA) is 78.0 Å². The summed E-state index contributed by atoms with van der Waals surface area (Å²) in [5.74, 6) is -0.161. The van der Waals surface area contributed by atoms with Gasteiger partial charge in [0.05, 0.1) is 17.1 Å². The van der Waals surface area contributed by atoms with Crippen LogP contribution in [0, 0.1) is 0 Å². The van der Waals surface area contributed by atoms with Gasteiger partial charge in [0.2, 0.25) is 11.8 Å². The Hall–Kier alpha value is -2.23. The molecule has 0 aliphatic carbocycles. The van der Waals surface area contributed by atoms with Gasteiger partial charge in [-0.2, -0.15) is 0 Å². The van der Waals surface area contributed by atoms with Crippen molar-refractivity contribution in [2.75, 3.05) is 45.0 Å². The molecular formula is C23H31N3O4S2. The highest BCUT2D eigenvalue weighted by Crippen LogP contribution is 2.18. The van der Waals surface area contributed by atoms with Crippen LogP contribution in [0.1, 0.15) is 18.7 Å². The fourth-order valence-corrected chi connectivity index (χ4v) is 5.96. The lowest BCUT2D eigenvalue weighted by Gasteiger charge is -2.42. The molecule has 2 heterocycles. The van der Waals surface area contributed by atoms with Crippen molar-refractivity contribution in [3.05, 3.63) is 52.7 Å². The van der Waals surface area contributed by atoms with Gasteiger partial charge in [0.1, 0.15) is 6.04 Å². The minimum atomic E-state index is -3.40. The van der Waals surface area contributed by atoms with E-state index in [1.165, 1.54) is 11.3 Å². The number of thiophene rings is 1. The third-order valence-corrected chi connectivity index (χ3v) is 8.42. The zero-order valence-electron chi connectivity index (χ0n) is 18.6. The fourth-order valence-electron chi connectivity index (χ4n) is 3.96. The lowest BCUT2D eigenvalue weighted by Crippen LogP contribution is -2.61. The van der Waals surface area contributed by atoms with E-state index in [4.69, 9.17) is 0 Å². The van der Waals surface area contributed by atoms with Crippen molar-refractivity contribution in [1.82, 2.24) is 14.7 Å². The number of benzene rings is 1. The molecule has 0 bridgehead atoms. The highest BCUT2D eigenvalue weighted by atomic mass is 32.2. The van der Waals surface area contributed by atoms with Gasteiger partial charge in [-0.15, -0.1) is 11.3 Å². The van der Waals surface area contributed by atoms with Crippen molar-refractivity contribution in [3.8, 4) is 0 Å². The zero-order valence-corrected chi connectivity index (χ0v) is 20.3. The number of nitrogens with zero attached hydrogens (tertiary/aromatic N) is 3. The quantitative estimate of drug-likeness (QED) is 0.553. The van der Waals surface area contributed by atoms with Crippen molar-refractivity contribution >= 4 is 33.0 Å². The van der Waals surface area contributed by atoms with Crippen molar-refractivity contribution in [3.63, 3.8) is 0 Å². The Kier molecular flexibility index (Phi) is 8.44. The summed E-state index contributed by atoms with van der Waals surface area (Å²) in [6.07, 6.45) is 0.280. The third kappa shape index (κ3) is 5.96. The molecule has 0 saturated carbocycles. The highest BCUT2D eigenvalue weighted by Gasteiger charge is 2.37. The molecule has 174 valence electrons. The molecule has 1 aliphatic rings. The maximum absolute atomic E-state index is 13.2. The number of piperazine rings is 1. The van der Waals surface area contributed by atoms with E-state index in [1.54, 1.807) is 40.1 Å². The van der Waals surface area contributed by atoms with Crippen LogP contribution >= 0.6 is 11.3 Å². The minimum Gasteiger partial charge on any atom is -0.341 e. The van der Waals surface area contributed by atoms with E-state index in [0.717, 1.165) is 4.88 Å². The minimum absolute atomic E-state index is 0.0215. The number of hydrogen-bond acceptors (Lipinski definition) is 6. The van der Waals surface area contributed by atoms with E-state index in [2.05, 4.69) is 0 Å². The van der Waals surface area contributed by atoms with E-state index >= 15 is 0 Å². The van der Waals surface area contributed by atoms with Crippen LogP contribution in [0.25, 0.3) is 0 Å². The number of carbonyl (C=O) groups excluding carboxylic acids is 2. The lowest BCUT2D eigenvalue weighted by atomic mass is 10.1. The molecule has 2 aromatic rings. The standard InChI is InChI=1S/C23H31N3O4S2/c1-3-25(4-2)23(28)21-18-24(14-16-32(29,30)20-10-6-5-7-11-20)12-13-26(21)22(27)17-19-9-8-15-31-19/h5-11,15,21H,3-4,12-14,16-18H2,1-2H3. The first kappa shape index (κ1) is 24.4. The summed E-state index contributed by atoms with van der Waals surface area (Å²) in [6.45, 7) is 6.61. The van der Waals surface area contributed by atoms with Gasteiger partial charge in [-0.1, -0.05) is 24.3 Å². The van der Waals surface area contributed by atoms with Crippen molar-refractivity contribution in [2.45, 2.75) is 31.2 Å². The molecule has 32 heavy (non-hydrogen) atoms. The average Bonchev–Trinajstić information content (AvgIpc) is 3.32. The lowest BCUT2D eigenvalue weighted by molar-refractivity contribution is -0.148. The fraction of sp³-hybridized carbons (Fsp3) is 0.478. The van der Waals surface area contributed by atoms with E-state index in [1.807, 2.05) is 36.3 Å². The molecule has 1 aliphatic heterocycles. The molecule has 7 nitrogen and oxygen atoms in total. The Bertz CT molecular complexity index is 990. The summed E-state index contributed by atoms with van der Waals surface area (Å²) < 4.78 is 25.4. The molecule has 1 unspecified atom stereocenters. The summed E-state index contributed by atoms with van der Waals surface area (Å²) >= 11 is 1.53. The molecule has 1 saturated heterocycles. The van der Waals surface area contributed by atoms with Crippen LogP contribution in [-0.2, 0) is 25.8 Å². The summed E-state index contributed by atoms with van der Waals surface area (Å²) in [5.41, 5.74) is 0. The number of carbonyl (C=O) groups is 2. The molecule has 0 spiro atoms. The van der Waals surface area contributed by atoms with Crippen LogP contribution in [0.5, 0.6) is 0 Å². The largest absolute Gasteiger partial charge is 0.341 e. The second-order valence-electron chi connectivity index (χ2n) is 7.80. The van der Waals surface area contributed by atoms with E-state index < -0.39 is 15.9 Å². The van der Waals surface area contributed by atoms with E-state index in [0.29, 0.717) is 44.2 Å². The Labute approximate surface area is 194 Å². The maximum atomic E-state index is 13.2. The SMILES string of the molecule is CCN(CC)C(=O)C1CN(CCS(=O)(=O)c2ccccc2)CCN1C(=O)Cc1cccs1. The van der Waals surface area contributed by atoms with Crippen LogP contribution in [0.15, 0.2) is 52.7 Å². The number of likely N-dealkylation sites (N-methyl/N-ethyl adjacent to an activating group) is 1. The van der Waals surface area contributed by atoms with Crippen LogP contribution in [-0.4, -0.2) is 86.0 Å². The van der Waals surface area contributed by atoms with Gasteiger partial charge in [-0.3, -0.25) is 14.5 Å². The Morgan fingerprint density at radius 3 is 2.41 bits per heavy atom. The first-order chi connectivity index (χ1) is 15.4. The second-order valence-corrected chi connectivity index (χ2v) is 10.9. The predicted octanol–water partition coefficient (Wildman–Crippen LogP) is 2.15. The highest BCUT2D eigenvalue weighted by molar-refractivity contribution is 7.91. The van der Waals surface area contributed by atoms with Gasteiger partial charge in [-0.05, 0) is 37.4 Å². The maximum Gasteiger partial charge on any atom is 0.246 e. The Morgan fingerprint density at radius 1 is 1.06 bits per heavy atom. The Balaban J connectivity index is 1.71. The first-order valence-electron chi connectivity index (χ1n) is 11.0. The first-order valence-corrected chi connectivity index (χ1v) is 13.5.